The first kappa shape index (κ1) is 18.2. The highest BCUT2D eigenvalue weighted by atomic mass is 32.2. The number of rotatable bonds is 8. The molecule has 136 valence electrons. The third kappa shape index (κ3) is 4.53. The summed E-state index contributed by atoms with van der Waals surface area (Å²) >= 11 is 0. The molecule has 0 amide bonds. The Morgan fingerprint density at radius 3 is 2.19 bits per heavy atom. The van der Waals surface area contributed by atoms with E-state index in [4.69, 9.17) is 9.47 Å². The van der Waals surface area contributed by atoms with Crippen molar-refractivity contribution >= 4 is 20.8 Å². The summed E-state index contributed by atoms with van der Waals surface area (Å²) in [7, 11) is -3.57. The van der Waals surface area contributed by atoms with Crippen molar-refractivity contribution in [2.75, 3.05) is 19.8 Å². The van der Waals surface area contributed by atoms with Crippen LogP contribution in [-0.4, -0.2) is 28.2 Å². The first-order valence-corrected chi connectivity index (χ1v) is 9.91. The highest BCUT2D eigenvalue weighted by Gasteiger charge is 2.13. The van der Waals surface area contributed by atoms with E-state index >= 15 is 0 Å². The van der Waals surface area contributed by atoms with Gasteiger partial charge in [-0.25, -0.2) is 13.1 Å². The second-order valence-electron chi connectivity index (χ2n) is 5.66. The van der Waals surface area contributed by atoms with Crippen molar-refractivity contribution in [1.29, 1.82) is 0 Å². The molecule has 0 unspecified atom stereocenters. The number of ether oxygens (including phenoxy) is 2. The van der Waals surface area contributed by atoms with Crippen LogP contribution in [0.25, 0.3) is 10.8 Å². The fourth-order valence-electron chi connectivity index (χ4n) is 2.56. The molecule has 3 aromatic carbocycles. The van der Waals surface area contributed by atoms with Crippen LogP contribution in [0.1, 0.15) is 6.92 Å². The van der Waals surface area contributed by atoms with E-state index in [1.165, 1.54) is 0 Å². The number of hydrogen-bond donors (Lipinski definition) is 1. The Kier molecular flexibility index (Phi) is 5.75. The maximum Gasteiger partial charge on any atom is 0.240 e. The molecule has 0 atom stereocenters. The molecule has 0 aliphatic carbocycles. The molecule has 0 spiro atoms. The molecule has 0 bridgehead atoms. The number of sulfonamides is 1. The predicted octanol–water partition coefficient (Wildman–Crippen LogP) is 3.60. The molecule has 0 aromatic heterocycles. The van der Waals surface area contributed by atoms with Crippen LogP contribution >= 0.6 is 0 Å². The van der Waals surface area contributed by atoms with Gasteiger partial charge in [-0.15, -0.1) is 0 Å². The molecule has 3 aromatic rings. The van der Waals surface area contributed by atoms with Gasteiger partial charge in [0.1, 0.15) is 18.1 Å². The minimum atomic E-state index is -3.57. The zero-order valence-electron chi connectivity index (χ0n) is 14.5. The number of hydrogen-bond acceptors (Lipinski definition) is 4. The zero-order chi connectivity index (χ0) is 18.4. The highest BCUT2D eigenvalue weighted by Crippen LogP contribution is 2.19. The van der Waals surface area contributed by atoms with Gasteiger partial charge in [0.05, 0.1) is 11.5 Å². The van der Waals surface area contributed by atoms with Crippen molar-refractivity contribution in [3.63, 3.8) is 0 Å². The first-order chi connectivity index (χ1) is 12.6. The van der Waals surface area contributed by atoms with Crippen LogP contribution in [0.5, 0.6) is 11.5 Å². The second-order valence-corrected chi connectivity index (χ2v) is 7.43. The van der Waals surface area contributed by atoms with Gasteiger partial charge in [0.15, 0.2) is 0 Å². The quantitative estimate of drug-likeness (QED) is 0.615. The van der Waals surface area contributed by atoms with Crippen molar-refractivity contribution in [2.45, 2.75) is 11.8 Å². The molecule has 0 saturated carbocycles. The summed E-state index contributed by atoms with van der Waals surface area (Å²) in [5.41, 5.74) is 0. The predicted molar refractivity (Wildman–Crippen MR) is 102 cm³/mol. The summed E-state index contributed by atoms with van der Waals surface area (Å²) in [6.07, 6.45) is 0. The van der Waals surface area contributed by atoms with Crippen LogP contribution in [0.3, 0.4) is 0 Å². The molecule has 0 heterocycles. The smallest absolute Gasteiger partial charge is 0.240 e. The maximum absolute atomic E-state index is 12.4. The van der Waals surface area contributed by atoms with Gasteiger partial charge < -0.3 is 9.47 Å². The third-order valence-electron chi connectivity index (χ3n) is 3.83. The number of benzene rings is 3. The van der Waals surface area contributed by atoms with Gasteiger partial charge in [0.2, 0.25) is 10.0 Å². The average molecular weight is 371 g/mol. The Hall–Kier alpha value is -2.57. The Morgan fingerprint density at radius 2 is 1.50 bits per heavy atom. The maximum atomic E-state index is 12.4. The summed E-state index contributed by atoms with van der Waals surface area (Å²) in [6.45, 7) is 2.95. The normalized spacial score (nSPS) is 11.4. The van der Waals surface area contributed by atoms with Crippen LogP contribution < -0.4 is 14.2 Å². The van der Waals surface area contributed by atoms with Crippen molar-refractivity contribution < 1.29 is 17.9 Å². The summed E-state index contributed by atoms with van der Waals surface area (Å²) in [6, 6.07) is 20.0. The van der Waals surface area contributed by atoms with Crippen LogP contribution in [0, 0.1) is 0 Å². The Balaban J connectivity index is 1.55. The van der Waals surface area contributed by atoms with Crippen molar-refractivity contribution in [3.05, 3.63) is 66.7 Å². The molecule has 1 N–H and O–H groups in total. The molecule has 0 radical (unpaired) electrons. The van der Waals surface area contributed by atoms with E-state index in [9.17, 15) is 8.42 Å². The van der Waals surface area contributed by atoms with E-state index in [0.717, 1.165) is 16.5 Å². The summed E-state index contributed by atoms with van der Waals surface area (Å²) in [5.74, 6) is 1.44. The lowest BCUT2D eigenvalue weighted by Crippen LogP contribution is -2.28. The average Bonchev–Trinajstić information content (AvgIpc) is 2.66. The van der Waals surface area contributed by atoms with E-state index in [1.54, 1.807) is 30.3 Å². The lowest BCUT2D eigenvalue weighted by atomic mass is 10.1. The van der Waals surface area contributed by atoms with Crippen LogP contribution in [0.15, 0.2) is 71.6 Å². The van der Waals surface area contributed by atoms with Gasteiger partial charge in [0.25, 0.3) is 0 Å². The summed E-state index contributed by atoms with van der Waals surface area (Å²) in [5, 5.41) is 1.89. The third-order valence-corrected chi connectivity index (χ3v) is 5.29. The molecule has 0 aliphatic heterocycles. The molecule has 0 fully saturated rings. The minimum Gasteiger partial charge on any atom is -0.494 e. The van der Waals surface area contributed by atoms with Crippen LogP contribution in [0.4, 0.5) is 0 Å². The van der Waals surface area contributed by atoms with E-state index < -0.39 is 10.0 Å². The zero-order valence-corrected chi connectivity index (χ0v) is 15.3. The van der Waals surface area contributed by atoms with Gasteiger partial charge in [0, 0.05) is 6.54 Å². The fraction of sp³-hybridized carbons (Fsp3) is 0.200. The van der Waals surface area contributed by atoms with Gasteiger partial charge >= 0.3 is 0 Å². The molecular weight excluding hydrogens is 350 g/mol. The molecule has 6 heteroatoms. The number of fused-ring (bicyclic) bond motifs is 1. The van der Waals surface area contributed by atoms with Crippen molar-refractivity contribution in [2.24, 2.45) is 0 Å². The Bertz CT molecular complexity index is 969. The van der Waals surface area contributed by atoms with Gasteiger partial charge in [-0.1, -0.05) is 30.3 Å². The van der Waals surface area contributed by atoms with Gasteiger partial charge in [-0.3, -0.25) is 0 Å². The number of nitrogens with one attached hydrogen (secondary N) is 1. The lowest BCUT2D eigenvalue weighted by molar-refractivity contribution is 0.319. The first-order valence-electron chi connectivity index (χ1n) is 8.42. The van der Waals surface area contributed by atoms with Crippen LogP contribution in [-0.2, 0) is 10.0 Å². The van der Waals surface area contributed by atoms with Crippen molar-refractivity contribution in [3.8, 4) is 11.5 Å². The van der Waals surface area contributed by atoms with Gasteiger partial charge in [-0.05, 0) is 54.1 Å². The standard InChI is InChI=1S/C20H21NO4S/c1-2-24-18-8-10-19(11-9-18)25-14-13-21-26(22,23)20-12-7-16-5-3-4-6-17(16)15-20/h3-12,15,21H,2,13-14H2,1H3. The Morgan fingerprint density at radius 1 is 0.846 bits per heavy atom. The second kappa shape index (κ2) is 8.21. The lowest BCUT2D eigenvalue weighted by Gasteiger charge is -2.10. The Labute approximate surface area is 153 Å². The topological polar surface area (TPSA) is 64.6 Å². The molecule has 5 nitrogen and oxygen atoms in total. The molecule has 26 heavy (non-hydrogen) atoms. The molecule has 0 aliphatic rings. The molecule has 0 saturated heterocycles. The largest absolute Gasteiger partial charge is 0.494 e. The molecule has 3 rings (SSSR count). The fourth-order valence-corrected chi connectivity index (χ4v) is 3.61. The van der Waals surface area contributed by atoms with E-state index in [2.05, 4.69) is 4.72 Å². The van der Waals surface area contributed by atoms with E-state index in [1.807, 2.05) is 43.3 Å². The summed E-state index contributed by atoms with van der Waals surface area (Å²) in [4.78, 5) is 0.247. The monoisotopic (exact) mass is 371 g/mol. The van der Waals surface area contributed by atoms with Crippen molar-refractivity contribution in [1.82, 2.24) is 4.72 Å². The SMILES string of the molecule is CCOc1ccc(OCCNS(=O)(=O)c2ccc3ccccc3c2)cc1. The van der Waals surface area contributed by atoms with E-state index in [-0.39, 0.29) is 18.0 Å². The van der Waals surface area contributed by atoms with Gasteiger partial charge in [-0.2, -0.15) is 0 Å². The molecular formula is C20H21NO4S. The summed E-state index contributed by atoms with van der Waals surface area (Å²) < 4.78 is 38.3. The van der Waals surface area contributed by atoms with E-state index in [0.29, 0.717) is 12.4 Å². The highest BCUT2D eigenvalue weighted by molar-refractivity contribution is 7.89. The van der Waals surface area contributed by atoms with Crippen LogP contribution in [0.2, 0.25) is 0 Å². The minimum absolute atomic E-state index is 0.183.